The standard InChI is InChI=1S/C13H18BrClO/c14-11-12-7-3-4-8-13(12)16-10-6-2-1-5-9-15/h3-4,7-8H,1-2,5-6,9-11H2. The van der Waals surface area contributed by atoms with Gasteiger partial charge in [0.2, 0.25) is 0 Å². The van der Waals surface area contributed by atoms with Gasteiger partial charge in [-0.2, -0.15) is 0 Å². The van der Waals surface area contributed by atoms with Crippen LogP contribution in [0, 0.1) is 0 Å². The quantitative estimate of drug-likeness (QED) is 0.497. The van der Waals surface area contributed by atoms with Crippen LogP contribution in [-0.2, 0) is 5.33 Å². The van der Waals surface area contributed by atoms with Crippen LogP contribution in [0.2, 0.25) is 0 Å². The molecule has 0 aliphatic rings. The van der Waals surface area contributed by atoms with Gasteiger partial charge in [0, 0.05) is 16.8 Å². The Balaban J connectivity index is 2.21. The molecule has 0 unspecified atom stereocenters. The molecule has 1 aromatic rings. The number of benzene rings is 1. The molecular formula is C13H18BrClO. The van der Waals surface area contributed by atoms with E-state index in [1.807, 2.05) is 18.2 Å². The minimum absolute atomic E-state index is 0.771. The number of para-hydroxylation sites is 1. The fourth-order valence-electron chi connectivity index (χ4n) is 1.49. The highest BCUT2D eigenvalue weighted by Crippen LogP contribution is 2.20. The number of halogens is 2. The Kier molecular flexibility index (Phi) is 7.69. The molecule has 16 heavy (non-hydrogen) atoms. The first-order valence-electron chi connectivity index (χ1n) is 5.71. The Morgan fingerprint density at radius 2 is 1.81 bits per heavy atom. The van der Waals surface area contributed by atoms with Gasteiger partial charge in [0.25, 0.3) is 0 Å². The van der Waals surface area contributed by atoms with Crippen LogP contribution in [0.3, 0.4) is 0 Å². The number of unbranched alkanes of at least 4 members (excludes halogenated alkanes) is 3. The molecular weight excluding hydrogens is 287 g/mol. The van der Waals surface area contributed by atoms with Crippen LogP contribution in [0.1, 0.15) is 31.2 Å². The largest absolute Gasteiger partial charge is 0.493 e. The van der Waals surface area contributed by atoms with E-state index in [1.54, 1.807) is 0 Å². The van der Waals surface area contributed by atoms with Crippen molar-refractivity contribution in [3.05, 3.63) is 29.8 Å². The van der Waals surface area contributed by atoms with E-state index in [0.717, 1.165) is 36.4 Å². The summed E-state index contributed by atoms with van der Waals surface area (Å²) in [5.41, 5.74) is 1.21. The molecule has 0 aliphatic carbocycles. The number of ether oxygens (including phenoxy) is 1. The average Bonchev–Trinajstić information content (AvgIpc) is 2.34. The van der Waals surface area contributed by atoms with Crippen molar-refractivity contribution in [3.63, 3.8) is 0 Å². The van der Waals surface area contributed by atoms with Crippen molar-refractivity contribution >= 4 is 27.5 Å². The van der Waals surface area contributed by atoms with Crippen molar-refractivity contribution < 1.29 is 4.74 Å². The first-order chi connectivity index (χ1) is 7.88. The third-order valence-corrected chi connectivity index (χ3v) is 3.27. The van der Waals surface area contributed by atoms with E-state index in [0.29, 0.717) is 0 Å². The predicted molar refractivity (Wildman–Crippen MR) is 73.8 cm³/mol. The van der Waals surface area contributed by atoms with Gasteiger partial charge >= 0.3 is 0 Å². The van der Waals surface area contributed by atoms with E-state index in [1.165, 1.54) is 18.4 Å². The van der Waals surface area contributed by atoms with Crippen LogP contribution in [0.15, 0.2) is 24.3 Å². The summed E-state index contributed by atoms with van der Waals surface area (Å²) in [5, 5.41) is 0.843. The second-order valence-electron chi connectivity index (χ2n) is 3.69. The molecule has 0 saturated heterocycles. The smallest absolute Gasteiger partial charge is 0.123 e. The molecule has 0 N–H and O–H groups in total. The summed E-state index contributed by atoms with van der Waals surface area (Å²) in [6.45, 7) is 0.798. The third-order valence-electron chi connectivity index (χ3n) is 2.40. The van der Waals surface area contributed by atoms with Crippen molar-refractivity contribution in [1.29, 1.82) is 0 Å². The third kappa shape index (κ3) is 5.22. The molecule has 0 spiro atoms. The van der Waals surface area contributed by atoms with Crippen LogP contribution >= 0.6 is 27.5 Å². The van der Waals surface area contributed by atoms with Crippen molar-refractivity contribution in [2.24, 2.45) is 0 Å². The Morgan fingerprint density at radius 3 is 2.56 bits per heavy atom. The Labute approximate surface area is 111 Å². The summed E-state index contributed by atoms with van der Waals surface area (Å²) in [4.78, 5) is 0. The molecule has 0 aliphatic heterocycles. The van der Waals surface area contributed by atoms with E-state index in [4.69, 9.17) is 16.3 Å². The van der Waals surface area contributed by atoms with Crippen molar-refractivity contribution in [2.45, 2.75) is 31.0 Å². The van der Waals surface area contributed by atoms with E-state index >= 15 is 0 Å². The zero-order valence-electron chi connectivity index (χ0n) is 9.42. The second kappa shape index (κ2) is 8.89. The predicted octanol–water partition coefficient (Wildman–Crippen LogP) is 4.76. The van der Waals surface area contributed by atoms with Crippen LogP contribution in [0.4, 0.5) is 0 Å². The maximum absolute atomic E-state index is 5.75. The van der Waals surface area contributed by atoms with Crippen LogP contribution in [0.5, 0.6) is 5.75 Å². The molecule has 90 valence electrons. The van der Waals surface area contributed by atoms with Crippen molar-refractivity contribution in [1.82, 2.24) is 0 Å². The average molecular weight is 306 g/mol. The maximum atomic E-state index is 5.75. The van der Waals surface area contributed by atoms with Crippen LogP contribution in [0.25, 0.3) is 0 Å². The zero-order valence-corrected chi connectivity index (χ0v) is 11.8. The van der Waals surface area contributed by atoms with Gasteiger partial charge in [-0.3, -0.25) is 0 Å². The molecule has 0 fully saturated rings. The lowest BCUT2D eigenvalue weighted by molar-refractivity contribution is 0.303. The van der Waals surface area contributed by atoms with Gasteiger partial charge in [-0.25, -0.2) is 0 Å². The zero-order chi connectivity index (χ0) is 11.6. The second-order valence-corrected chi connectivity index (χ2v) is 4.63. The first-order valence-corrected chi connectivity index (χ1v) is 7.36. The molecule has 0 amide bonds. The normalized spacial score (nSPS) is 10.4. The molecule has 1 nitrogen and oxygen atoms in total. The monoisotopic (exact) mass is 304 g/mol. The molecule has 0 saturated carbocycles. The maximum Gasteiger partial charge on any atom is 0.123 e. The number of alkyl halides is 2. The van der Waals surface area contributed by atoms with Gasteiger partial charge in [-0.05, 0) is 18.9 Å². The number of hydrogen-bond acceptors (Lipinski definition) is 1. The molecule has 0 atom stereocenters. The highest BCUT2D eigenvalue weighted by molar-refractivity contribution is 9.08. The highest BCUT2D eigenvalue weighted by atomic mass is 79.9. The highest BCUT2D eigenvalue weighted by Gasteiger charge is 2.00. The minimum atomic E-state index is 0.771. The Morgan fingerprint density at radius 1 is 1.06 bits per heavy atom. The van der Waals surface area contributed by atoms with Gasteiger partial charge in [0.05, 0.1) is 6.61 Å². The molecule has 1 aromatic carbocycles. The molecule has 3 heteroatoms. The van der Waals surface area contributed by atoms with Crippen LogP contribution in [-0.4, -0.2) is 12.5 Å². The first kappa shape index (κ1) is 13.9. The summed E-state index contributed by atoms with van der Waals surface area (Å²) in [6.07, 6.45) is 4.61. The molecule has 0 radical (unpaired) electrons. The minimum Gasteiger partial charge on any atom is -0.493 e. The van der Waals surface area contributed by atoms with Gasteiger partial charge in [0.15, 0.2) is 0 Å². The lowest BCUT2D eigenvalue weighted by Gasteiger charge is -2.09. The SMILES string of the molecule is ClCCCCCCOc1ccccc1CBr. The van der Waals surface area contributed by atoms with Crippen LogP contribution < -0.4 is 4.74 Å². The van der Waals surface area contributed by atoms with Gasteiger partial charge in [0.1, 0.15) is 5.75 Å². The topological polar surface area (TPSA) is 9.23 Å². The van der Waals surface area contributed by atoms with Gasteiger partial charge in [-0.15, -0.1) is 11.6 Å². The summed E-state index contributed by atoms with van der Waals surface area (Å²) in [7, 11) is 0. The van der Waals surface area contributed by atoms with Gasteiger partial charge in [-0.1, -0.05) is 47.0 Å². The van der Waals surface area contributed by atoms with E-state index < -0.39 is 0 Å². The summed E-state index contributed by atoms with van der Waals surface area (Å²) >= 11 is 9.07. The van der Waals surface area contributed by atoms with Crippen molar-refractivity contribution in [3.8, 4) is 5.75 Å². The summed E-state index contributed by atoms with van der Waals surface area (Å²) in [5.74, 6) is 1.77. The molecule has 1 rings (SSSR count). The Bertz CT molecular complexity index is 291. The molecule has 0 heterocycles. The number of hydrogen-bond donors (Lipinski definition) is 0. The fraction of sp³-hybridized carbons (Fsp3) is 0.538. The molecule has 0 aromatic heterocycles. The fourth-order valence-corrected chi connectivity index (χ4v) is 2.14. The lowest BCUT2D eigenvalue weighted by atomic mass is 10.2. The Hall–Kier alpha value is -0.210. The van der Waals surface area contributed by atoms with E-state index in [9.17, 15) is 0 Å². The lowest BCUT2D eigenvalue weighted by Crippen LogP contribution is -1.99. The summed E-state index contributed by atoms with van der Waals surface area (Å²) in [6, 6.07) is 8.14. The van der Waals surface area contributed by atoms with E-state index in [-0.39, 0.29) is 0 Å². The van der Waals surface area contributed by atoms with E-state index in [2.05, 4.69) is 22.0 Å². The summed E-state index contributed by atoms with van der Waals surface area (Å²) < 4.78 is 5.75. The van der Waals surface area contributed by atoms with Crippen molar-refractivity contribution in [2.75, 3.05) is 12.5 Å². The number of rotatable bonds is 8. The molecule has 0 bridgehead atoms. The van der Waals surface area contributed by atoms with Gasteiger partial charge < -0.3 is 4.74 Å².